The van der Waals surface area contributed by atoms with Crippen LogP contribution in [0.15, 0.2) is 70.6 Å². The lowest BCUT2D eigenvalue weighted by molar-refractivity contribution is 0.102. The molecule has 0 saturated carbocycles. The Bertz CT molecular complexity index is 1680. The van der Waals surface area contributed by atoms with E-state index in [1.165, 1.54) is 22.9 Å². The Morgan fingerprint density at radius 1 is 1.19 bits per heavy atom. The third-order valence-corrected chi connectivity index (χ3v) is 7.94. The van der Waals surface area contributed by atoms with Crippen LogP contribution in [0.1, 0.15) is 27.9 Å². The monoisotopic (exact) mass is 504 g/mol. The van der Waals surface area contributed by atoms with E-state index in [4.69, 9.17) is 4.52 Å². The molecule has 36 heavy (non-hydrogen) atoms. The second-order valence-electron chi connectivity index (χ2n) is 8.47. The molecule has 0 radical (unpaired) electrons. The molecule has 5 heterocycles. The van der Waals surface area contributed by atoms with Crippen LogP contribution in [-0.4, -0.2) is 61.4 Å². The number of hydrogen-bond acceptors (Lipinski definition) is 8. The number of H-pyrrole nitrogens is 1. The van der Waals surface area contributed by atoms with Gasteiger partial charge in [0.05, 0.1) is 18.3 Å². The first kappa shape index (κ1) is 22.1. The molecule has 6 rings (SSSR count). The number of amides is 1. The maximum Gasteiger partial charge on any atom is 0.274 e. The average molecular weight is 505 g/mol. The quantitative estimate of drug-likeness (QED) is 0.358. The molecular weight excluding hydrogens is 484 g/mol. The standard InChI is InChI=1S/C23H20N8O4S/c1-14-5-6-15(8-18(14)27-22(32)19-11-24-20-4-2-3-7-31(19)20)21-28-23(35-29-21)16-12-30(13-16)36(33,34)17-9-25-26-10-17/h2-11,16H,12-13H2,1H3,(H,25,26)(H,27,32). The number of rotatable bonds is 6. The first-order chi connectivity index (χ1) is 17.4. The van der Waals surface area contributed by atoms with Crippen LogP contribution in [0.2, 0.25) is 0 Å². The minimum Gasteiger partial charge on any atom is -0.339 e. The molecular formula is C23H20N8O4S. The van der Waals surface area contributed by atoms with Gasteiger partial charge in [0, 0.05) is 36.7 Å². The van der Waals surface area contributed by atoms with Crippen molar-refractivity contribution >= 4 is 27.3 Å². The number of benzene rings is 1. The van der Waals surface area contributed by atoms with E-state index in [9.17, 15) is 13.2 Å². The Balaban J connectivity index is 1.18. The Labute approximate surface area is 205 Å². The predicted octanol–water partition coefficient (Wildman–Crippen LogP) is 2.46. The lowest BCUT2D eigenvalue weighted by Gasteiger charge is -2.35. The summed E-state index contributed by atoms with van der Waals surface area (Å²) >= 11 is 0. The summed E-state index contributed by atoms with van der Waals surface area (Å²) in [4.78, 5) is 21.8. The second kappa shape index (κ2) is 8.39. The van der Waals surface area contributed by atoms with Crippen LogP contribution in [0.3, 0.4) is 0 Å². The lowest BCUT2D eigenvalue weighted by Crippen LogP contribution is -2.48. The minimum atomic E-state index is -3.60. The van der Waals surface area contributed by atoms with Crippen LogP contribution in [0.25, 0.3) is 17.0 Å². The van der Waals surface area contributed by atoms with Crippen LogP contribution in [0.4, 0.5) is 5.69 Å². The zero-order chi connectivity index (χ0) is 24.9. The summed E-state index contributed by atoms with van der Waals surface area (Å²) in [6, 6.07) is 11.0. The van der Waals surface area contributed by atoms with Gasteiger partial charge in [-0.15, -0.1) is 0 Å². The molecule has 0 atom stereocenters. The van der Waals surface area contributed by atoms with E-state index in [0.717, 1.165) is 5.56 Å². The van der Waals surface area contributed by atoms with Crippen LogP contribution in [0.5, 0.6) is 0 Å². The number of nitrogens with zero attached hydrogens (tertiary/aromatic N) is 6. The molecule has 0 unspecified atom stereocenters. The molecule has 1 aromatic carbocycles. The van der Waals surface area contributed by atoms with Gasteiger partial charge in [-0.1, -0.05) is 23.4 Å². The van der Waals surface area contributed by atoms with Gasteiger partial charge in [0.2, 0.25) is 21.7 Å². The molecule has 12 nitrogen and oxygen atoms in total. The maximum atomic E-state index is 12.9. The number of sulfonamides is 1. The van der Waals surface area contributed by atoms with Crippen molar-refractivity contribution in [2.45, 2.75) is 17.7 Å². The Morgan fingerprint density at radius 3 is 2.86 bits per heavy atom. The fraction of sp³-hybridized carbons (Fsp3) is 0.174. The minimum absolute atomic E-state index is 0.116. The normalized spacial score (nSPS) is 14.7. The third-order valence-electron chi connectivity index (χ3n) is 6.14. The molecule has 0 bridgehead atoms. The highest BCUT2D eigenvalue weighted by atomic mass is 32.2. The summed E-state index contributed by atoms with van der Waals surface area (Å²) in [7, 11) is -3.60. The van der Waals surface area contributed by atoms with E-state index >= 15 is 0 Å². The predicted molar refractivity (Wildman–Crippen MR) is 128 cm³/mol. The zero-order valence-electron chi connectivity index (χ0n) is 19.0. The summed E-state index contributed by atoms with van der Waals surface area (Å²) in [6.45, 7) is 2.37. The number of imidazole rings is 1. The van der Waals surface area contributed by atoms with Gasteiger partial charge in [0.15, 0.2) is 0 Å². The van der Waals surface area contributed by atoms with Crippen LogP contribution in [0, 0.1) is 6.92 Å². The molecule has 0 aliphatic carbocycles. The Hall–Kier alpha value is -4.36. The highest BCUT2D eigenvalue weighted by Gasteiger charge is 2.40. The zero-order valence-corrected chi connectivity index (χ0v) is 19.8. The average Bonchev–Trinajstić information content (AvgIpc) is 3.60. The smallest absolute Gasteiger partial charge is 0.274 e. The lowest BCUT2D eigenvalue weighted by atomic mass is 10.0. The summed E-state index contributed by atoms with van der Waals surface area (Å²) < 4.78 is 33.6. The third kappa shape index (κ3) is 3.74. The Morgan fingerprint density at radius 2 is 2.06 bits per heavy atom. The van der Waals surface area contributed by atoms with Crippen LogP contribution < -0.4 is 5.32 Å². The van der Waals surface area contributed by atoms with Gasteiger partial charge in [-0.05, 0) is 30.7 Å². The number of aromatic nitrogens is 6. The van der Waals surface area contributed by atoms with Crippen molar-refractivity contribution in [3.05, 3.63) is 78.3 Å². The van der Waals surface area contributed by atoms with Crippen molar-refractivity contribution in [2.24, 2.45) is 0 Å². The topological polar surface area (TPSA) is 151 Å². The second-order valence-corrected chi connectivity index (χ2v) is 10.4. The number of fused-ring (bicyclic) bond motifs is 1. The van der Waals surface area contributed by atoms with Crippen molar-refractivity contribution in [1.29, 1.82) is 0 Å². The number of aromatic amines is 1. The van der Waals surface area contributed by atoms with E-state index in [2.05, 4.69) is 30.6 Å². The van der Waals surface area contributed by atoms with Gasteiger partial charge in [-0.3, -0.25) is 14.3 Å². The fourth-order valence-electron chi connectivity index (χ4n) is 4.02. The molecule has 4 aromatic heterocycles. The molecule has 1 fully saturated rings. The molecule has 0 spiro atoms. The van der Waals surface area contributed by atoms with E-state index in [-0.39, 0.29) is 29.8 Å². The van der Waals surface area contributed by atoms with Crippen molar-refractivity contribution < 1.29 is 17.7 Å². The molecule has 13 heteroatoms. The Kier molecular flexibility index (Phi) is 5.16. The summed E-state index contributed by atoms with van der Waals surface area (Å²) in [5.41, 5.74) is 3.22. The number of aryl methyl sites for hydroxylation is 1. The fourth-order valence-corrected chi connectivity index (χ4v) is 5.46. The first-order valence-electron chi connectivity index (χ1n) is 11.1. The maximum absolute atomic E-state index is 12.9. The summed E-state index contributed by atoms with van der Waals surface area (Å²) in [6.07, 6.45) is 5.93. The molecule has 1 amide bonds. The van der Waals surface area contributed by atoms with E-state index < -0.39 is 10.0 Å². The first-order valence-corrected chi connectivity index (χ1v) is 12.5. The van der Waals surface area contributed by atoms with Crippen molar-refractivity contribution in [2.75, 3.05) is 18.4 Å². The van der Waals surface area contributed by atoms with Crippen molar-refractivity contribution in [3.63, 3.8) is 0 Å². The molecule has 1 saturated heterocycles. The summed E-state index contributed by atoms with van der Waals surface area (Å²) in [5, 5.41) is 13.2. The molecule has 1 aliphatic rings. The van der Waals surface area contributed by atoms with E-state index in [1.54, 1.807) is 16.7 Å². The number of hydrogen-bond donors (Lipinski definition) is 2. The molecule has 2 N–H and O–H groups in total. The molecule has 5 aromatic rings. The largest absolute Gasteiger partial charge is 0.339 e. The van der Waals surface area contributed by atoms with Crippen molar-refractivity contribution in [1.82, 2.24) is 34.0 Å². The van der Waals surface area contributed by atoms with Gasteiger partial charge in [-0.2, -0.15) is 14.4 Å². The SMILES string of the molecule is Cc1ccc(-c2noc(C3CN(S(=O)(=O)c4cn[nH]c4)C3)n2)cc1NC(=O)c1cnc2ccccn12. The van der Waals surface area contributed by atoms with E-state index in [1.807, 2.05) is 37.3 Å². The number of carbonyl (C=O) groups excluding carboxylic acids is 1. The highest BCUT2D eigenvalue weighted by Crippen LogP contribution is 2.32. The van der Waals surface area contributed by atoms with Crippen molar-refractivity contribution in [3.8, 4) is 11.4 Å². The number of nitrogens with one attached hydrogen (secondary N) is 2. The van der Waals surface area contributed by atoms with Gasteiger partial charge in [0.1, 0.15) is 16.2 Å². The number of anilines is 1. The molecule has 182 valence electrons. The van der Waals surface area contributed by atoms with Gasteiger partial charge in [0.25, 0.3) is 5.91 Å². The van der Waals surface area contributed by atoms with Gasteiger partial charge >= 0.3 is 0 Å². The van der Waals surface area contributed by atoms with Crippen LogP contribution >= 0.6 is 0 Å². The van der Waals surface area contributed by atoms with Crippen LogP contribution in [-0.2, 0) is 10.0 Å². The number of carbonyl (C=O) groups is 1. The molecule has 1 aliphatic heterocycles. The van der Waals surface area contributed by atoms with E-state index in [0.29, 0.717) is 34.3 Å². The van der Waals surface area contributed by atoms with Gasteiger partial charge in [-0.25, -0.2) is 13.4 Å². The highest BCUT2D eigenvalue weighted by molar-refractivity contribution is 7.89. The van der Waals surface area contributed by atoms with Gasteiger partial charge < -0.3 is 9.84 Å². The number of pyridine rings is 1. The summed E-state index contributed by atoms with van der Waals surface area (Å²) in [5.74, 6) is 0.218.